The standard InChI is InChI=1S/C30H33ClN6O4S/c1-36(2)19-21-10-6-7-16-37(21)30(38)20-9-8-11-23(17-20)42(39,40)35-29-28(32-25-12-4-5-13-26(25)33-29)34-27-18-22(41-3)14-15-24(27)31/h4-5,8-9,11-15,17-18,21H,6-7,10,16,19H2,1-3H3,(H,32,34)(H,33,35). The summed E-state index contributed by atoms with van der Waals surface area (Å²) in [6, 6.07) is 18.3. The fourth-order valence-electron chi connectivity index (χ4n) is 5.04. The number of aromatic nitrogens is 2. The molecule has 1 fully saturated rings. The van der Waals surface area contributed by atoms with E-state index in [1.54, 1.807) is 48.5 Å². The topological polar surface area (TPSA) is 117 Å². The summed E-state index contributed by atoms with van der Waals surface area (Å²) in [4.78, 5) is 26.6. The number of hydrogen-bond acceptors (Lipinski definition) is 8. The number of methoxy groups -OCH3 is 1. The van der Waals surface area contributed by atoms with E-state index in [1.165, 1.54) is 19.2 Å². The third-order valence-corrected chi connectivity index (χ3v) is 8.75. The minimum Gasteiger partial charge on any atom is -0.497 e. The molecule has 2 heterocycles. The van der Waals surface area contributed by atoms with Gasteiger partial charge < -0.3 is 19.9 Å². The third kappa shape index (κ3) is 6.59. The predicted octanol–water partition coefficient (Wildman–Crippen LogP) is 5.39. The average molecular weight is 609 g/mol. The van der Waals surface area contributed by atoms with Crippen LogP contribution in [0.1, 0.15) is 29.6 Å². The van der Waals surface area contributed by atoms with Gasteiger partial charge in [0, 0.05) is 30.8 Å². The highest BCUT2D eigenvalue weighted by atomic mass is 35.5. The van der Waals surface area contributed by atoms with Gasteiger partial charge in [0.1, 0.15) is 5.75 Å². The molecule has 1 atom stereocenters. The summed E-state index contributed by atoms with van der Waals surface area (Å²) in [5, 5.41) is 3.48. The Morgan fingerprint density at radius 2 is 1.76 bits per heavy atom. The Kier molecular flexibility index (Phi) is 8.81. The number of amides is 1. The van der Waals surface area contributed by atoms with Crippen molar-refractivity contribution in [3.63, 3.8) is 0 Å². The largest absolute Gasteiger partial charge is 0.497 e. The van der Waals surface area contributed by atoms with Gasteiger partial charge in [0.15, 0.2) is 11.6 Å². The SMILES string of the molecule is COc1ccc(Cl)c(Nc2nc3ccccc3nc2NS(=O)(=O)c2cccc(C(=O)N3CCCCC3CN(C)C)c2)c1. The lowest BCUT2D eigenvalue weighted by Gasteiger charge is -2.37. The van der Waals surface area contributed by atoms with E-state index >= 15 is 0 Å². The minimum absolute atomic E-state index is 0.0219. The maximum Gasteiger partial charge on any atom is 0.263 e. The molecule has 0 saturated carbocycles. The van der Waals surface area contributed by atoms with Crippen LogP contribution in [0.5, 0.6) is 5.75 Å². The molecule has 220 valence electrons. The molecular formula is C30H33ClN6O4S. The highest BCUT2D eigenvalue weighted by Crippen LogP contribution is 2.33. The number of para-hydroxylation sites is 2. The van der Waals surface area contributed by atoms with Crippen molar-refractivity contribution < 1.29 is 17.9 Å². The zero-order valence-electron chi connectivity index (χ0n) is 23.7. The summed E-state index contributed by atoms with van der Waals surface area (Å²) in [5.74, 6) is 0.505. The normalized spacial score (nSPS) is 15.5. The lowest BCUT2D eigenvalue weighted by molar-refractivity contribution is 0.0574. The first-order valence-corrected chi connectivity index (χ1v) is 15.5. The van der Waals surface area contributed by atoms with Crippen LogP contribution < -0.4 is 14.8 Å². The van der Waals surface area contributed by atoms with Crippen molar-refractivity contribution in [2.45, 2.75) is 30.2 Å². The van der Waals surface area contributed by atoms with E-state index in [0.717, 1.165) is 25.8 Å². The Balaban J connectivity index is 1.47. The van der Waals surface area contributed by atoms with Crippen LogP contribution in [0.2, 0.25) is 5.02 Å². The fourth-order valence-corrected chi connectivity index (χ4v) is 6.26. The molecule has 10 nitrogen and oxygen atoms in total. The van der Waals surface area contributed by atoms with Crippen molar-refractivity contribution >= 4 is 55.9 Å². The van der Waals surface area contributed by atoms with Crippen LogP contribution in [0.25, 0.3) is 11.0 Å². The predicted molar refractivity (Wildman–Crippen MR) is 165 cm³/mol. The Labute approximate surface area is 250 Å². The number of fused-ring (bicyclic) bond motifs is 1. The number of likely N-dealkylation sites (N-methyl/N-ethyl adjacent to an activating group) is 1. The summed E-state index contributed by atoms with van der Waals surface area (Å²) < 4.78 is 35.3. The molecule has 1 aliphatic rings. The molecule has 3 aromatic carbocycles. The molecule has 42 heavy (non-hydrogen) atoms. The van der Waals surface area contributed by atoms with Crippen molar-refractivity contribution in [1.29, 1.82) is 0 Å². The summed E-state index contributed by atoms with van der Waals surface area (Å²) in [6.45, 7) is 1.39. The lowest BCUT2D eigenvalue weighted by Crippen LogP contribution is -2.48. The third-order valence-electron chi connectivity index (χ3n) is 7.08. The maximum atomic E-state index is 13.7. The number of ether oxygens (including phenoxy) is 1. The number of hydrogen-bond donors (Lipinski definition) is 2. The van der Waals surface area contributed by atoms with Crippen molar-refractivity contribution in [2.75, 3.05) is 44.3 Å². The second-order valence-electron chi connectivity index (χ2n) is 10.4. The van der Waals surface area contributed by atoms with E-state index in [2.05, 4.69) is 24.9 Å². The Bertz CT molecular complexity index is 1720. The quantitative estimate of drug-likeness (QED) is 0.260. The lowest BCUT2D eigenvalue weighted by atomic mass is 10.0. The molecule has 4 aromatic rings. The number of halogens is 1. The number of sulfonamides is 1. The minimum atomic E-state index is -4.17. The summed E-state index contributed by atoms with van der Waals surface area (Å²) in [5.41, 5.74) is 1.83. The first-order valence-electron chi connectivity index (χ1n) is 13.6. The molecule has 5 rings (SSSR count). The monoisotopic (exact) mass is 608 g/mol. The molecule has 1 unspecified atom stereocenters. The van der Waals surface area contributed by atoms with Gasteiger partial charge in [0.05, 0.1) is 33.7 Å². The van der Waals surface area contributed by atoms with Crippen LogP contribution >= 0.6 is 11.6 Å². The molecular weight excluding hydrogens is 576 g/mol. The fraction of sp³-hybridized carbons (Fsp3) is 0.300. The number of rotatable bonds is 9. The van der Waals surface area contributed by atoms with Crippen molar-refractivity contribution in [3.05, 3.63) is 77.3 Å². The second-order valence-corrected chi connectivity index (χ2v) is 12.5. The molecule has 1 aliphatic heterocycles. The number of carbonyl (C=O) groups is 1. The van der Waals surface area contributed by atoms with Crippen LogP contribution in [0, 0.1) is 0 Å². The molecule has 0 spiro atoms. The molecule has 1 aromatic heterocycles. The highest BCUT2D eigenvalue weighted by molar-refractivity contribution is 7.92. The van der Waals surface area contributed by atoms with E-state index in [4.69, 9.17) is 16.3 Å². The van der Waals surface area contributed by atoms with Crippen LogP contribution in [-0.4, -0.2) is 74.4 Å². The van der Waals surface area contributed by atoms with Gasteiger partial charge in [-0.3, -0.25) is 9.52 Å². The summed E-state index contributed by atoms with van der Waals surface area (Å²) in [6.07, 6.45) is 2.89. The van der Waals surface area contributed by atoms with Crippen LogP contribution in [-0.2, 0) is 10.0 Å². The van der Waals surface area contributed by atoms with Gasteiger partial charge in [0.2, 0.25) is 0 Å². The van der Waals surface area contributed by atoms with Gasteiger partial charge in [-0.1, -0.05) is 29.8 Å². The van der Waals surface area contributed by atoms with Gasteiger partial charge in [0.25, 0.3) is 15.9 Å². The van der Waals surface area contributed by atoms with Crippen molar-refractivity contribution in [1.82, 2.24) is 19.8 Å². The Hall–Kier alpha value is -3.93. The van der Waals surface area contributed by atoms with Gasteiger partial charge in [-0.25, -0.2) is 18.4 Å². The number of anilines is 3. The van der Waals surface area contributed by atoms with E-state index < -0.39 is 10.0 Å². The molecule has 0 radical (unpaired) electrons. The number of nitrogens with zero attached hydrogens (tertiary/aromatic N) is 4. The average Bonchev–Trinajstić information content (AvgIpc) is 2.98. The molecule has 1 amide bonds. The van der Waals surface area contributed by atoms with Crippen LogP contribution in [0.3, 0.4) is 0 Å². The van der Waals surface area contributed by atoms with Gasteiger partial charge in [-0.05, 0) is 75.8 Å². The van der Waals surface area contributed by atoms with E-state index in [1.807, 2.05) is 25.1 Å². The molecule has 0 aliphatic carbocycles. The molecule has 1 saturated heterocycles. The van der Waals surface area contributed by atoms with Gasteiger partial charge >= 0.3 is 0 Å². The smallest absolute Gasteiger partial charge is 0.263 e. The molecule has 2 N–H and O–H groups in total. The first-order chi connectivity index (χ1) is 20.1. The zero-order chi connectivity index (χ0) is 29.9. The van der Waals surface area contributed by atoms with Crippen LogP contribution in [0.4, 0.5) is 17.3 Å². The van der Waals surface area contributed by atoms with E-state index in [9.17, 15) is 13.2 Å². The van der Waals surface area contributed by atoms with E-state index in [-0.39, 0.29) is 28.5 Å². The summed E-state index contributed by atoms with van der Waals surface area (Å²) in [7, 11) is 1.34. The number of likely N-dealkylation sites (tertiary alicyclic amines) is 1. The molecule has 12 heteroatoms. The first kappa shape index (κ1) is 29.6. The zero-order valence-corrected chi connectivity index (χ0v) is 25.2. The van der Waals surface area contributed by atoms with Gasteiger partial charge in [-0.2, -0.15) is 0 Å². The second kappa shape index (κ2) is 12.5. The number of nitrogens with one attached hydrogen (secondary N) is 2. The maximum absolute atomic E-state index is 13.7. The van der Waals surface area contributed by atoms with E-state index in [0.29, 0.717) is 39.6 Å². The Morgan fingerprint density at radius 3 is 2.48 bits per heavy atom. The number of benzene rings is 3. The highest BCUT2D eigenvalue weighted by Gasteiger charge is 2.29. The number of carbonyl (C=O) groups excluding carboxylic acids is 1. The van der Waals surface area contributed by atoms with Gasteiger partial charge in [-0.15, -0.1) is 0 Å². The Morgan fingerprint density at radius 1 is 1.02 bits per heavy atom. The van der Waals surface area contributed by atoms with Crippen molar-refractivity contribution in [3.8, 4) is 5.75 Å². The van der Waals surface area contributed by atoms with Crippen LogP contribution in [0.15, 0.2) is 71.6 Å². The summed E-state index contributed by atoms with van der Waals surface area (Å²) >= 11 is 6.41. The van der Waals surface area contributed by atoms with Crippen molar-refractivity contribution in [2.24, 2.45) is 0 Å². The number of piperidine rings is 1. The molecule has 0 bridgehead atoms.